The maximum absolute atomic E-state index is 13.5. The first-order valence-electron chi connectivity index (χ1n) is 6.42. The highest BCUT2D eigenvalue weighted by atomic mass is 32.2. The molecular weight excluding hydrogens is 261 g/mol. The van der Waals surface area contributed by atoms with Crippen LogP contribution in [-0.4, -0.2) is 18.3 Å². The molecule has 0 aliphatic carbocycles. The second-order valence-electron chi connectivity index (χ2n) is 4.28. The van der Waals surface area contributed by atoms with E-state index in [1.165, 1.54) is 17.8 Å². The van der Waals surface area contributed by atoms with Crippen molar-refractivity contribution in [2.45, 2.75) is 24.3 Å². The summed E-state index contributed by atoms with van der Waals surface area (Å²) < 4.78 is 18.9. The Hall–Kier alpha value is -1.26. The van der Waals surface area contributed by atoms with Crippen LogP contribution in [0.1, 0.15) is 12.7 Å². The number of likely N-dealkylation sites (N-methyl/N-ethyl adjacent to an activating group) is 1. The lowest BCUT2D eigenvalue weighted by Crippen LogP contribution is -2.33. The van der Waals surface area contributed by atoms with Gasteiger partial charge < -0.3 is 9.73 Å². The van der Waals surface area contributed by atoms with Crippen molar-refractivity contribution in [3.63, 3.8) is 0 Å². The zero-order valence-electron chi connectivity index (χ0n) is 10.9. The molecule has 0 amide bonds. The van der Waals surface area contributed by atoms with E-state index in [0.717, 1.165) is 24.5 Å². The van der Waals surface area contributed by atoms with E-state index in [1.807, 2.05) is 24.3 Å². The maximum atomic E-state index is 13.5. The van der Waals surface area contributed by atoms with Gasteiger partial charge >= 0.3 is 0 Å². The largest absolute Gasteiger partial charge is 0.469 e. The van der Waals surface area contributed by atoms with Crippen molar-refractivity contribution in [3.8, 4) is 0 Å². The zero-order chi connectivity index (χ0) is 13.5. The third-order valence-corrected chi connectivity index (χ3v) is 4.01. The third-order valence-electron chi connectivity index (χ3n) is 2.80. The van der Waals surface area contributed by atoms with Gasteiger partial charge in [-0.25, -0.2) is 4.39 Å². The summed E-state index contributed by atoms with van der Waals surface area (Å²) in [6, 6.07) is 11.0. The summed E-state index contributed by atoms with van der Waals surface area (Å²) in [7, 11) is 0. The normalized spacial score (nSPS) is 12.5. The fraction of sp³-hybridized carbons (Fsp3) is 0.333. The summed E-state index contributed by atoms with van der Waals surface area (Å²) in [5, 5.41) is 3.41. The topological polar surface area (TPSA) is 25.2 Å². The van der Waals surface area contributed by atoms with Crippen LogP contribution in [0.15, 0.2) is 52.0 Å². The Morgan fingerprint density at radius 1 is 1.26 bits per heavy atom. The van der Waals surface area contributed by atoms with Crippen molar-refractivity contribution in [1.82, 2.24) is 5.32 Å². The lowest BCUT2D eigenvalue weighted by molar-refractivity contribution is 0.465. The summed E-state index contributed by atoms with van der Waals surface area (Å²) in [6.07, 6.45) is 2.50. The molecule has 0 radical (unpaired) electrons. The SMILES string of the molecule is CCNC(CSc1ccccc1F)Cc1ccco1. The second-order valence-corrected chi connectivity index (χ2v) is 5.34. The molecule has 1 aromatic heterocycles. The van der Waals surface area contributed by atoms with Crippen LogP contribution in [-0.2, 0) is 6.42 Å². The Morgan fingerprint density at radius 3 is 2.79 bits per heavy atom. The number of rotatable bonds is 7. The first-order chi connectivity index (χ1) is 9.29. The molecule has 1 heterocycles. The average Bonchev–Trinajstić information content (AvgIpc) is 2.91. The smallest absolute Gasteiger partial charge is 0.136 e. The highest BCUT2D eigenvalue weighted by molar-refractivity contribution is 7.99. The summed E-state index contributed by atoms with van der Waals surface area (Å²) in [4.78, 5) is 0.699. The number of hydrogen-bond acceptors (Lipinski definition) is 3. The number of benzene rings is 1. The van der Waals surface area contributed by atoms with Crippen molar-refractivity contribution in [2.24, 2.45) is 0 Å². The van der Waals surface area contributed by atoms with Gasteiger partial charge in [0.15, 0.2) is 0 Å². The van der Waals surface area contributed by atoms with Crippen LogP contribution in [0.4, 0.5) is 4.39 Å². The molecule has 2 rings (SSSR count). The number of hydrogen-bond donors (Lipinski definition) is 1. The quantitative estimate of drug-likeness (QED) is 0.782. The zero-order valence-corrected chi connectivity index (χ0v) is 11.8. The van der Waals surface area contributed by atoms with Gasteiger partial charge in [0.2, 0.25) is 0 Å². The Bertz CT molecular complexity index is 487. The summed E-state index contributed by atoms with van der Waals surface area (Å²) in [5.74, 6) is 1.62. The minimum atomic E-state index is -0.152. The van der Waals surface area contributed by atoms with E-state index >= 15 is 0 Å². The Labute approximate surface area is 117 Å². The molecule has 19 heavy (non-hydrogen) atoms. The van der Waals surface area contributed by atoms with Gasteiger partial charge in [-0.1, -0.05) is 19.1 Å². The fourth-order valence-electron chi connectivity index (χ4n) is 1.90. The van der Waals surface area contributed by atoms with Crippen LogP contribution in [0, 0.1) is 5.82 Å². The molecule has 1 N–H and O–H groups in total. The molecule has 0 aliphatic rings. The molecule has 0 bridgehead atoms. The van der Waals surface area contributed by atoms with E-state index in [1.54, 1.807) is 12.3 Å². The first-order valence-corrected chi connectivity index (χ1v) is 7.41. The third kappa shape index (κ3) is 4.40. The van der Waals surface area contributed by atoms with Gasteiger partial charge in [0.25, 0.3) is 0 Å². The number of halogens is 1. The minimum Gasteiger partial charge on any atom is -0.469 e. The van der Waals surface area contributed by atoms with Crippen molar-refractivity contribution in [3.05, 3.63) is 54.2 Å². The standard InChI is InChI=1S/C15H18FNOS/c1-2-17-12(10-13-6-5-9-18-13)11-19-15-8-4-3-7-14(15)16/h3-9,12,17H,2,10-11H2,1H3. The number of furan rings is 1. The molecule has 0 fully saturated rings. The summed E-state index contributed by atoms with van der Waals surface area (Å²) in [6.45, 7) is 2.96. The van der Waals surface area contributed by atoms with E-state index in [4.69, 9.17) is 4.42 Å². The molecule has 4 heteroatoms. The molecule has 0 aliphatic heterocycles. The van der Waals surface area contributed by atoms with Gasteiger partial charge in [0, 0.05) is 23.1 Å². The lowest BCUT2D eigenvalue weighted by atomic mass is 10.2. The first kappa shape index (κ1) is 14.2. The molecule has 2 nitrogen and oxygen atoms in total. The van der Waals surface area contributed by atoms with Gasteiger partial charge in [0.05, 0.1) is 6.26 Å². The predicted molar refractivity (Wildman–Crippen MR) is 77.0 cm³/mol. The number of thioether (sulfide) groups is 1. The second kappa shape index (κ2) is 7.36. The Kier molecular flexibility index (Phi) is 5.48. The van der Waals surface area contributed by atoms with E-state index in [0.29, 0.717) is 4.90 Å². The molecule has 1 aromatic carbocycles. The van der Waals surface area contributed by atoms with Gasteiger partial charge in [-0.3, -0.25) is 0 Å². The van der Waals surface area contributed by atoms with Crippen LogP contribution in [0.2, 0.25) is 0 Å². The number of nitrogens with one attached hydrogen (secondary N) is 1. The molecule has 0 saturated heterocycles. The molecule has 1 atom stereocenters. The van der Waals surface area contributed by atoms with Crippen LogP contribution in [0.3, 0.4) is 0 Å². The van der Waals surface area contributed by atoms with Gasteiger partial charge in [-0.15, -0.1) is 11.8 Å². The monoisotopic (exact) mass is 279 g/mol. The summed E-state index contributed by atoms with van der Waals surface area (Å²) in [5.41, 5.74) is 0. The van der Waals surface area contributed by atoms with Crippen molar-refractivity contribution >= 4 is 11.8 Å². The minimum absolute atomic E-state index is 0.152. The van der Waals surface area contributed by atoms with Gasteiger partial charge in [0.1, 0.15) is 11.6 Å². The lowest BCUT2D eigenvalue weighted by Gasteiger charge is -2.16. The van der Waals surface area contributed by atoms with Gasteiger partial charge in [-0.05, 0) is 30.8 Å². The fourth-order valence-corrected chi connectivity index (χ4v) is 2.90. The van der Waals surface area contributed by atoms with Crippen LogP contribution in [0.5, 0.6) is 0 Å². The molecule has 102 valence electrons. The molecule has 1 unspecified atom stereocenters. The highest BCUT2D eigenvalue weighted by Gasteiger charge is 2.12. The molecule has 0 spiro atoms. The average molecular weight is 279 g/mol. The molecular formula is C15H18FNOS. The maximum Gasteiger partial charge on any atom is 0.136 e. The van der Waals surface area contributed by atoms with Crippen LogP contribution in [0.25, 0.3) is 0 Å². The van der Waals surface area contributed by atoms with Crippen molar-refractivity contribution in [2.75, 3.05) is 12.3 Å². The van der Waals surface area contributed by atoms with Gasteiger partial charge in [-0.2, -0.15) is 0 Å². The van der Waals surface area contributed by atoms with E-state index < -0.39 is 0 Å². The van der Waals surface area contributed by atoms with Crippen molar-refractivity contribution in [1.29, 1.82) is 0 Å². The molecule has 0 saturated carbocycles. The molecule has 2 aromatic rings. The highest BCUT2D eigenvalue weighted by Crippen LogP contribution is 2.22. The van der Waals surface area contributed by atoms with Crippen LogP contribution < -0.4 is 5.32 Å². The van der Waals surface area contributed by atoms with Crippen molar-refractivity contribution < 1.29 is 8.81 Å². The van der Waals surface area contributed by atoms with Crippen LogP contribution >= 0.6 is 11.8 Å². The Morgan fingerprint density at radius 2 is 2.11 bits per heavy atom. The van der Waals surface area contributed by atoms with E-state index in [2.05, 4.69) is 12.2 Å². The van der Waals surface area contributed by atoms with E-state index in [9.17, 15) is 4.39 Å². The summed E-state index contributed by atoms with van der Waals surface area (Å²) >= 11 is 1.54. The Balaban J connectivity index is 1.91. The van der Waals surface area contributed by atoms with E-state index in [-0.39, 0.29) is 11.9 Å². The predicted octanol–water partition coefficient (Wildman–Crippen LogP) is 3.73.